The second-order valence-corrected chi connectivity index (χ2v) is 7.01. The van der Waals surface area contributed by atoms with E-state index in [2.05, 4.69) is 43.4 Å². The smallest absolute Gasteiger partial charge is 0.115 e. The number of rotatable bonds is 1. The molecule has 1 unspecified atom stereocenters. The summed E-state index contributed by atoms with van der Waals surface area (Å²) in [5, 5.41) is 0. The van der Waals surface area contributed by atoms with Gasteiger partial charge in [-0.2, -0.15) is 0 Å². The van der Waals surface area contributed by atoms with Crippen molar-refractivity contribution in [1.82, 2.24) is 14.5 Å². The normalized spacial score (nSPS) is 20.9. The van der Waals surface area contributed by atoms with E-state index in [1.807, 2.05) is 12.1 Å². The van der Waals surface area contributed by atoms with Crippen LogP contribution in [0.25, 0.3) is 11.0 Å². The molecular formula is C16H24N4. The number of benzene rings is 1. The van der Waals surface area contributed by atoms with Crippen LogP contribution in [0.3, 0.4) is 0 Å². The molecule has 0 spiro atoms. The molecule has 2 N–H and O–H groups in total. The minimum atomic E-state index is 0.0367. The first-order valence-corrected chi connectivity index (χ1v) is 7.33. The maximum Gasteiger partial charge on any atom is 0.115 e. The number of likely N-dealkylation sites (tertiary alicyclic amines) is 1. The number of fused-ring (bicyclic) bond motifs is 1. The lowest BCUT2D eigenvalue weighted by Crippen LogP contribution is -2.24. The molecule has 0 aliphatic carbocycles. The van der Waals surface area contributed by atoms with Crippen LogP contribution >= 0.6 is 0 Å². The van der Waals surface area contributed by atoms with E-state index in [0.717, 1.165) is 24.3 Å². The molecule has 1 aliphatic rings. The summed E-state index contributed by atoms with van der Waals surface area (Å²) >= 11 is 0. The Bertz CT molecular complexity index is 636. The van der Waals surface area contributed by atoms with Crippen molar-refractivity contribution in [3.8, 4) is 0 Å². The van der Waals surface area contributed by atoms with Gasteiger partial charge >= 0.3 is 0 Å². The third kappa shape index (κ3) is 2.18. The number of imidazole rings is 1. The van der Waals surface area contributed by atoms with Gasteiger partial charge in [0.2, 0.25) is 0 Å². The largest absolute Gasteiger partial charge is 0.399 e. The van der Waals surface area contributed by atoms with Crippen molar-refractivity contribution < 1.29 is 0 Å². The molecule has 3 rings (SSSR count). The van der Waals surface area contributed by atoms with Crippen LogP contribution in [0.2, 0.25) is 0 Å². The van der Waals surface area contributed by atoms with Gasteiger partial charge < -0.3 is 15.2 Å². The van der Waals surface area contributed by atoms with E-state index in [9.17, 15) is 0 Å². The molecule has 0 amide bonds. The molecule has 0 saturated carbocycles. The van der Waals surface area contributed by atoms with Crippen molar-refractivity contribution in [2.75, 3.05) is 25.9 Å². The summed E-state index contributed by atoms with van der Waals surface area (Å²) < 4.78 is 2.44. The fourth-order valence-corrected chi connectivity index (χ4v) is 3.14. The first kappa shape index (κ1) is 13.4. The summed E-state index contributed by atoms with van der Waals surface area (Å²) in [6.07, 6.45) is 1.19. The third-order valence-corrected chi connectivity index (χ3v) is 4.12. The lowest BCUT2D eigenvalue weighted by molar-refractivity contribution is 0.383. The summed E-state index contributed by atoms with van der Waals surface area (Å²) in [5.74, 6) is 1.17. The fraction of sp³-hybridized carbons (Fsp3) is 0.562. The minimum Gasteiger partial charge on any atom is -0.399 e. The zero-order valence-electron chi connectivity index (χ0n) is 12.8. The Morgan fingerprint density at radius 1 is 1.30 bits per heavy atom. The van der Waals surface area contributed by atoms with Crippen molar-refractivity contribution in [1.29, 1.82) is 0 Å². The van der Waals surface area contributed by atoms with Crippen LogP contribution < -0.4 is 5.73 Å². The number of aromatic nitrogens is 2. The molecule has 1 aromatic carbocycles. The van der Waals surface area contributed by atoms with Gasteiger partial charge in [-0.15, -0.1) is 0 Å². The average Bonchev–Trinajstić information content (AvgIpc) is 2.91. The second kappa shape index (κ2) is 4.48. The van der Waals surface area contributed by atoms with Gasteiger partial charge in [0.25, 0.3) is 0 Å². The number of nitrogens with two attached hydrogens (primary N) is 1. The van der Waals surface area contributed by atoms with Crippen LogP contribution in [0.15, 0.2) is 18.2 Å². The molecule has 20 heavy (non-hydrogen) atoms. The van der Waals surface area contributed by atoms with Crippen molar-refractivity contribution >= 4 is 16.7 Å². The van der Waals surface area contributed by atoms with Gasteiger partial charge in [0, 0.05) is 23.7 Å². The molecule has 4 heteroatoms. The standard InChI is InChI=1S/C16H24N4/c1-16(2,3)15-18-13-9-11(17)5-6-14(13)20(15)12-7-8-19(4)10-12/h5-6,9,12H,7-8,10,17H2,1-4H3. The lowest BCUT2D eigenvalue weighted by Gasteiger charge is -2.24. The van der Waals surface area contributed by atoms with Gasteiger partial charge in [-0.3, -0.25) is 0 Å². The first-order chi connectivity index (χ1) is 9.36. The zero-order chi connectivity index (χ0) is 14.5. The molecule has 2 aromatic rings. The van der Waals surface area contributed by atoms with Crippen LogP contribution in [0, 0.1) is 0 Å². The molecule has 1 atom stereocenters. The molecule has 108 valence electrons. The van der Waals surface area contributed by atoms with E-state index in [4.69, 9.17) is 10.7 Å². The predicted molar refractivity (Wildman–Crippen MR) is 84.0 cm³/mol. The second-order valence-electron chi connectivity index (χ2n) is 7.01. The number of hydrogen-bond donors (Lipinski definition) is 1. The van der Waals surface area contributed by atoms with Gasteiger partial charge in [0.1, 0.15) is 5.82 Å². The number of hydrogen-bond acceptors (Lipinski definition) is 3. The molecule has 1 aliphatic heterocycles. The molecular weight excluding hydrogens is 248 g/mol. The highest BCUT2D eigenvalue weighted by Gasteiger charge is 2.30. The number of likely N-dealkylation sites (N-methyl/N-ethyl adjacent to an activating group) is 1. The van der Waals surface area contributed by atoms with Crippen LogP contribution in [0.1, 0.15) is 39.1 Å². The fourth-order valence-electron chi connectivity index (χ4n) is 3.14. The van der Waals surface area contributed by atoms with Crippen molar-refractivity contribution in [2.45, 2.75) is 38.6 Å². The van der Waals surface area contributed by atoms with Gasteiger partial charge in [-0.05, 0) is 38.2 Å². The molecule has 0 bridgehead atoms. The molecule has 1 saturated heterocycles. The molecule has 1 aromatic heterocycles. The van der Waals surface area contributed by atoms with Gasteiger partial charge in [0.05, 0.1) is 11.0 Å². The molecule has 2 heterocycles. The van der Waals surface area contributed by atoms with Crippen LogP contribution in [-0.4, -0.2) is 34.6 Å². The highest BCUT2D eigenvalue weighted by Crippen LogP contribution is 2.33. The average molecular weight is 272 g/mol. The maximum absolute atomic E-state index is 5.91. The van der Waals surface area contributed by atoms with E-state index in [1.165, 1.54) is 17.8 Å². The van der Waals surface area contributed by atoms with E-state index in [-0.39, 0.29) is 5.41 Å². The van der Waals surface area contributed by atoms with E-state index in [0.29, 0.717) is 6.04 Å². The lowest BCUT2D eigenvalue weighted by atomic mass is 9.95. The van der Waals surface area contributed by atoms with Crippen molar-refractivity contribution in [3.63, 3.8) is 0 Å². The third-order valence-electron chi connectivity index (χ3n) is 4.12. The predicted octanol–water partition coefficient (Wildman–Crippen LogP) is 2.79. The van der Waals surface area contributed by atoms with Gasteiger partial charge in [-0.1, -0.05) is 20.8 Å². The highest BCUT2D eigenvalue weighted by atomic mass is 15.2. The summed E-state index contributed by atoms with van der Waals surface area (Å²) in [6, 6.07) is 6.60. The summed E-state index contributed by atoms with van der Waals surface area (Å²) in [7, 11) is 2.19. The van der Waals surface area contributed by atoms with Crippen LogP contribution in [0.5, 0.6) is 0 Å². The minimum absolute atomic E-state index is 0.0367. The molecule has 1 fully saturated rings. The number of nitrogen functional groups attached to an aromatic ring is 1. The molecule has 4 nitrogen and oxygen atoms in total. The van der Waals surface area contributed by atoms with E-state index >= 15 is 0 Å². The van der Waals surface area contributed by atoms with Crippen LogP contribution in [0.4, 0.5) is 5.69 Å². The Kier molecular flexibility index (Phi) is 3.01. The monoisotopic (exact) mass is 272 g/mol. The van der Waals surface area contributed by atoms with Crippen molar-refractivity contribution in [3.05, 3.63) is 24.0 Å². The summed E-state index contributed by atoms with van der Waals surface area (Å²) in [6.45, 7) is 8.94. The maximum atomic E-state index is 5.91. The van der Waals surface area contributed by atoms with E-state index in [1.54, 1.807) is 0 Å². The Hall–Kier alpha value is -1.55. The SMILES string of the molecule is CN1CCC(n2c(C(C)(C)C)nc3cc(N)ccc32)C1. The Balaban J connectivity index is 2.21. The summed E-state index contributed by atoms with van der Waals surface area (Å²) in [5.41, 5.74) is 8.96. The molecule has 0 radical (unpaired) electrons. The Morgan fingerprint density at radius 3 is 2.65 bits per heavy atom. The van der Waals surface area contributed by atoms with E-state index < -0.39 is 0 Å². The number of anilines is 1. The zero-order valence-corrected chi connectivity index (χ0v) is 12.8. The quantitative estimate of drug-likeness (QED) is 0.812. The number of nitrogens with zero attached hydrogens (tertiary/aromatic N) is 3. The topological polar surface area (TPSA) is 47.1 Å². The van der Waals surface area contributed by atoms with Crippen molar-refractivity contribution in [2.24, 2.45) is 0 Å². The van der Waals surface area contributed by atoms with Gasteiger partial charge in [0.15, 0.2) is 0 Å². The Labute approximate surface area is 120 Å². The first-order valence-electron chi connectivity index (χ1n) is 7.33. The Morgan fingerprint density at radius 2 is 2.05 bits per heavy atom. The summed E-state index contributed by atoms with van der Waals surface area (Å²) in [4.78, 5) is 7.27. The van der Waals surface area contributed by atoms with Crippen LogP contribution in [-0.2, 0) is 5.41 Å². The highest BCUT2D eigenvalue weighted by molar-refractivity contribution is 5.80. The van der Waals surface area contributed by atoms with Gasteiger partial charge in [-0.25, -0.2) is 4.98 Å².